The predicted octanol–water partition coefficient (Wildman–Crippen LogP) is 2.83. The van der Waals surface area contributed by atoms with Crippen LogP contribution in [0.2, 0.25) is 0 Å². The first-order chi connectivity index (χ1) is 17.5. The molecule has 0 aliphatic carbocycles. The second kappa shape index (κ2) is 10.7. The van der Waals surface area contributed by atoms with Crippen LogP contribution in [-0.2, 0) is 22.6 Å². The van der Waals surface area contributed by atoms with Crippen LogP contribution in [0, 0.1) is 18.8 Å². The Kier molecular flexibility index (Phi) is 7.21. The van der Waals surface area contributed by atoms with Crippen molar-refractivity contribution in [2.75, 3.05) is 24.6 Å². The average molecular weight is 501 g/mol. The standard InChI is InChI=1S/C28H28N4O3S/c1-19-29-23-7-3-6-22(26(23)28(35)32(19)24-12-13-25(33)30-27(24)34)5-2-4-20-8-10-21(11-9-20)18-31-14-16-36-17-15-31/h3,6-11,24H,4,12-18H2,1H3,(H,30,33,34). The Hall–Kier alpha value is -3.41. The number of carbonyl (C=O) groups is 2. The van der Waals surface area contributed by atoms with Gasteiger partial charge in [-0.3, -0.25) is 29.2 Å². The highest BCUT2D eigenvalue weighted by atomic mass is 32.2. The molecule has 8 heteroatoms. The summed E-state index contributed by atoms with van der Waals surface area (Å²) in [6.07, 6.45) is 1.04. The van der Waals surface area contributed by atoms with E-state index in [2.05, 4.69) is 51.3 Å². The Morgan fingerprint density at radius 2 is 1.81 bits per heavy atom. The summed E-state index contributed by atoms with van der Waals surface area (Å²) in [6.45, 7) is 4.97. The van der Waals surface area contributed by atoms with E-state index in [1.165, 1.54) is 21.6 Å². The number of piperidine rings is 1. The summed E-state index contributed by atoms with van der Waals surface area (Å²) >= 11 is 2.02. The number of nitrogens with zero attached hydrogens (tertiary/aromatic N) is 3. The van der Waals surface area contributed by atoms with Crippen LogP contribution in [0.3, 0.4) is 0 Å². The fourth-order valence-corrected chi connectivity index (χ4v) is 5.75. The molecule has 0 saturated carbocycles. The summed E-state index contributed by atoms with van der Waals surface area (Å²) in [5, 5.41) is 2.73. The van der Waals surface area contributed by atoms with E-state index in [-0.39, 0.29) is 24.3 Å². The molecule has 1 N–H and O–H groups in total. The second-order valence-electron chi connectivity index (χ2n) is 9.18. The van der Waals surface area contributed by atoms with E-state index in [9.17, 15) is 14.4 Å². The molecule has 3 heterocycles. The van der Waals surface area contributed by atoms with E-state index in [0.717, 1.165) is 25.2 Å². The van der Waals surface area contributed by atoms with E-state index in [1.54, 1.807) is 13.0 Å². The molecule has 5 rings (SSSR count). The van der Waals surface area contributed by atoms with Gasteiger partial charge in [0.05, 0.1) is 10.9 Å². The SMILES string of the molecule is Cc1nc2cccc(C#CCc3ccc(CN4CCSCC4)cc3)c2c(=O)n1C1CCC(=O)NC1=O. The molecule has 2 aromatic carbocycles. The maximum Gasteiger partial charge on any atom is 0.263 e. The number of benzene rings is 2. The predicted molar refractivity (Wildman–Crippen MR) is 142 cm³/mol. The van der Waals surface area contributed by atoms with Crippen LogP contribution < -0.4 is 10.9 Å². The molecule has 7 nitrogen and oxygen atoms in total. The number of thioether (sulfide) groups is 1. The molecule has 1 atom stereocenters. The number of imide groups is 1. The van der Waals surface area contributed by atoms with Crippen molar-refractivity contribution in [1.82, 2.24) is 19.8 Å². The van der Waals surface area contributed by atoms with E-state index >= 15 is 0 Å². The van der Waals surface area contributed by atoms with E-state index in [4.69, 9.17) is 0 Å². The first-order valence-electron chi connectivity index (χ1n) is 12.2. The maximum atomic E-state index is 13.5. The Labute approximate surface area is 214 Å². The molecule has 0 radical (unpaired) electrons. The lowest BCUT2D eigenvalue weighted by Crippen LogP contribution is -2.45. The summed E-state index contributed by atoms with van der Waals surface area (Å²) < 4.78 is 1.40. The maximum absolute atomic E-state index is 13.5. The third kappa shape index (κ3) is 5.23. The Balaban J connectivity index is 1.37. The quantitative estimate of drug-likeness (QED) is 0.438. The van der Waals surface area contributed by atoms with Crippen molar-refractivity contribution in [3.63, 3.8) is 0 Å². The van der Waals surface area contributed by atoms with Crippen molar-refractivity contribution in [2.45, 2.75) is 38.8 Å². The molecular formula is C28H28N4O3S. The summed E-state index contributed by atoms with van der Waals surface area (Å²) in [4.78, 5) is 44.6. The normalized spacial score (nSPS) is 18.5. The van der Waals surface area contributed by atoms with Gasteiger partial charge in [-0.25, -0.2) is 4.98 Å². The number of aromatic nitrogens is 2. The summed E-state index contributed by atoms with van der Waals surface area (Å²) in [5.74, 6) is 8.42. The lowest BCUT2D eigenvalue weighted by Gasteiger charge is -2.26. The first kappa shape index (κ1) is 24.3. The van der Waals surface area contributed by atoms with Crippen molar-refractivity contribution in [1.29, 1.82) is 0 Å². The molecule has 2 aliphatic heterocycles. The van der Waals surface area contributed by atoms with Crippen molar-refractivity contribution >= 4 is 34.5 Å². The molecule has 2 saturated heterocycles. The van der Waals surface area contributed by atoms with Crippen molar-refractivity contribution < 1.29 is 9.59 Å². The van der Waals surface area contributed by atoms with E-state index in [1.807, 2.05) is 23.9 Å². The van der Waals surface area contributed by atoms with Crippen molar-refractivity contribution in [3.05, 3.63) is 75.3 Å². The average Bonchev–Trinajstić information content (AvgIpc) is 2.87. The minimum atomic E-state index is -0.754. The molecular weight excluding hydrogens is 472 g/mol. The van der Waals surface area contributed by atoms with Crippen LogP contribution in [-0.4, -0.2) is 50.9 Å². The summed E-state index contributed by atoms with van der Waals surface area (Å²) in [6, 6.07) is 13.2. The number of nitrogens with one attached hydrogen (secondary N) is 1. The smallest absolute Gasteiger partial charge is 0.263 e. The molecule has 0 spiro atoms. The van der Waals surface area contributed by atoms with Gasteiger partial charge in [-0.1, -0.05) is 42.2 Å². The number of hydrogen-bond donors (Lipinski definition) is 1. The van der Waals surface area contributed by atoms with Gasteiger partial charge in [0.2, 0.25) is 11.8 Å². The van der Waals surface area contributed by atoms with Crippen LogP contribution in [0.5, 0.6) is 0 Å². The van der Waals surface area contributed by atoms with Crippen molar-refractivity contribution in [2.24, 2.45) is 0 Å². The van der Waals surface area contributed by atoms with Gasteiger partial charge in [-0.2, -0.15) is 11.8 Å². The summed E-state index contributed by atoms with van der Waals surface area (Å²) in [5.41, 5.74) is 3.26. The van der Waals surface area contributed by atoms with Gasteiger partial charge in [0.25, 0.3) is 5.56 Å². The van der Waals surface area contributed by atoms with Crippen molar-refractivity contribution in [3.8, 4) is 11.8 Å². The Morgan fingerprint density at radius 3 is 2.56 bits per heavy atom. The van der Waals surface area contributed by atoms with Gasteiger partial charge in [0, 0.05) is 49.5 Å². The lowest BCUT2D eigenvalue weighted by atomic mass is 10.0. The Morgan fingerprint density at radius 1 is 1.06 bits per heavy atom. The molecule has 36 heavy (non-hydrogen) atoms. The number of rotatable bonds is 4. The Bertz CT molecular complexity index is 1430. The van der Waals surface area contributed by atoms with Crippen LogP contribution >= 0.6 is 11.8 Å². The van der Waals surface area contributed by atoms with E-state index < -0.39 is 11.9 Å². The van der Waals surface area contributed by atoms with E-state index in [0.29, 0.717) is 28.7 Å². The van der Waals surface area contributed by atoms with Gasteiger partial charge in [-0.05, 0) is 36.6 Å². The zero-order valence-corrected chi connectivity index (χ0v) is 21.1. The molecule has 2 amide bonds. The topological polar surface area (TPSA) is 84.3 Å². The first-order valence-corrected chi connectivity index (χ1v) is 13.4. The summed E-state index contributed by atoms with van der Waals surface area (Å²) in [7, 11) is 0. The third-order valence-corrected chi connectivity index (χ3v) is 7.62. The zero-order chi connectivity index (χ0) is 25.1. The minimum Gasteiger partial charge on any atom is -0.297 e. The van der Waals surface area contributed by atoms with Crippen LogP contribution in [0.15, 0.2) is 47.3 Å². The molecule has 1 aromatic heterocycles. The zero-order valence-electron chi connectivity index (χ0n) is 20.3. The van der Waals surface area contributed by atoms with Gasteiger partial charge >= 0.3 is 0 Å². The molecule has 0 bridgehead atoms. The number of carbonyl (C=O) groups excluding carboxylic acids is 2. The van der Waals surface area contributed by atoms with Crippen LogP contribution in [0.25, 0.3) is 10.9 Å². The fourth-order valence-electron chi connectivity index (χ4n) is 4.77. The number of hydrogen-bond acceptors (Lipinski definition) is 6. The van der Waals surface area contributed by atoms with Crippen LogP contribution in [0.4, 0.5) is 0 Å². The second-order valence-corrected chi connectivity index (χ2v) is 10.4. The van der Waals surface area contributed by atoms with Gasteiger partial charge in [0.1, 0.15) is 11.9 Å². The fraction of sp³-hybridized carbons (Fsp3) is 0.357. The van der Waals surface area contributed by atoms with Gasteiger partial charge in [-0.15, -0.1) is 0 Å². The largest absolute Gasteiger partial charge is 0.297 e. The van der Waals surface area contributed by atoms with Gasteiger partial charge in [0.15, 0.2) is 0 Å². The minimum absolute atomic E-state index is 0.192. The monoisotopic (exact) mass is 500 g/mol. The molecule has 2 aliphatic rings. The van der Waals surface area contributed by atoms with Crippen LogP contribution in [0.1, 0.15) is 41.4 Å². The number of fused-ring (bicyclic) bond motifs is 1. The lowest BCUT2D eigenvalue weighted by molar-refractivity contribution is -0.135. The molecule has 184 valence electrons. The highest BCUT2D eigenvalue weighted by Crippen LogP contribution is 2.21. The molecule has 2 fully saturated rings. The third-order valence-electron chi connectivity index (χ3n) is 6.68. The number of aryl methyl sites for hydroxylation is 1. The van der Waals surface area contributed by atoms with Gasteiger partial charge < -0.3 is 0 Å². The number of amides is 2. The highest BCUT2D eigenvalue weighted by Gasteiger charge is 2.30. The molecule has 3 aromatic rings. The molecule has 1 unspecified atom stereocenters. The highest BCUT2D eigenvalue weighted by molar-refractivity contribution is 7.99.